The molecule has 0 atom stereocenters. The lowest BCUT2D eigenvalue weighted by Gasteiger charge is -2.07. The zero-order valence-electron chi connectivity index (χ0n) is 13.5. The van der Waals surface area contributed by atoms with Crippen LogP contribution in [0.3, 0.4) is 0 Å². The number of rotatable bonds is 4. The van der Waals surface area contributed by atoms with Crippen LogP contribution in [0.5, 0.6) is 0 Å². The molecule has 0 aliphatic rings. The first-order valence-corrected chi connectivity index (χ1v) is 8.90. The number of hydrogen-bond acceptors (Lipinski definition) is 3. The second-order valence-electron chi connectivity index (χ2n) is 5.40. The number of amides is 1. The maximum Gasteiger partial charge on any atom is 0.255 e. The number of aromatic nitrogens is 1. The van der Waals surface area contributed by atoms with Gasteiger partial charge in [-0.15, -0.1) is 11.3 Å². The van der Waals surface area contributed by atoms with Gasteiger partial charge in [-0.05, 0) is 43.7 Å². The Morgan fingerprint density at radius 3 is 2.62 bits per heavy atom. The fourth-order valence-electron chi connectivity index (χ4n) is 2.48. The first kappa shape index (κ1) is 16.7. The Balaban J connectivity index is 1.80. The molecule has 1 N–H and O–H groups in total. The van der Waals surface area contributed by atoms with E-state index in [1.807, 2.05) is 37.3 Å². The fourth-order valence-corrected chi connectivity index (χ4v) is 3.57. The summed E-state index contributed by atoms with van der Waals surface area (Å²) in [5, 5.41) is 4.50. The van der Waals surface area contributed by atoms with Crippen LogP contribution in [-0.4, -0.2) is 10.9 Å². The highest BCUT2D eigenvalue weighted by Gasteiger charge is 2.11. The number of carbonyl (C=O) groups excluding carboxylic acids is 1. The molecule has 0 aliphatic heterocycles. The van der Waals surface area contributed by atoms with E-state index in [4.69, 9.17) is 11.6 Å². The quantitative estimate of drug-likeness (QED) is 0.662. The number of hydrogen-bond donors (Lipinski definition) is 1. The van der Waals surface area contributed by atoms with Gasteiger partial charge in [-0.2, -0.15) is 0 Å². The highest BCUT2D eigenvalue weighted by Crippen LogP contribution is 2.28. The van der Waals surface area contributed by atoms with E-state index in [1.54, 1.807) is 29.5 Å². The van der Waals surface area contributed by atoms with Crippen molar-refractivity contribution < 1.29 is 4.79 Å². The van der Waals surface area contributed by atoms with E-state index in [0.717, 1.165) is 22.7 Å². The topological polar surface area (TPSA) is 42.0 Å². The summed E-state index contributed by atoms with van der Waals surface area (Å²) in [5.74, 6) is -0.158. The summed E-state index contributed by atoms with van der Waals surface area (Å²) in [5.41, 5.74) is 3.33. The summed E-state index contributed by atoms with van der Waals surface area (Å²) >= 11 is 7.66. The molecular formula is C19H17ClN2OS. The van der Waals surface area contributed by atoms with Crippen LogP contribution in [0.4, 0.5) is 5.69 Å². The lowest BCUT2D eigenvalue weighted by Crippen LogP contribution is -2.11. The summed E-state index contributed by atoms with van der Waals surface area (Å²) < 4.78 is 0. The van der Waals surface area contributed by atoms with E-state index in [9.17, 15) is 4.79 Å². The van der Waals surface area contributed by atoms with Crippen molar-refractivity contribution >= 4 is 34.5 Å². The molecule has 0 saturated carbocycles. The summed E-state index contributed by atoms with van der Waals surface area (Å²) in [6.45, 7) is 4.14. The molecule has 0 saturated heterocycles. The van der Waals surface area contributed by atoms with Gasteiger partial charge < -0.3 is 5.32 Å². The summed E-state index contributed by atoms with van der Waals surface area (Å²) in [4.78, 5) is 18.2. The van der Waals surface area contributed by atoms with Gasteiger partial charge in [-0.3, -0.25) is 4.79 Å². The summed E-state index contributed by atoms with van der Waals surface area (Å²) in [6.07, 6.45) is 0.956. The first-order chi connectivity index (χ1) is 11.6. The third-order valence-electron chi connectivity index (χ3n) is 3.63. The Kier molecular flexibility index (Phi) is 4.97. The van der Waals surface area contributed by atoms with Crippen LogP contribution >= 0.6 is 22.9 Å². The van der Waals surface area contributed by atoms with Crippen LogP contribution in [0.15, 0.2) is 48.5 Å². The minimum absolute atomic E-state index is 0.158. The maximum absolute atomic E-state index is 12.3. The Morgan fingerprint density at radius 1 is 1.21 bits per heavy atom. The molecule has 1 amide bonds. The van der Waals surface area contributed by atoms with Crippen molar-refractivity contribution in [1.29, 1.82) is 0 Å². The van der Waals surface area contributed by atoms with Crippen molar-refractivity contribution in [2.24, 2.45) is 0 Å². The largest absolute Gasteiger partial charge is 0.322 e. The standard InChI is InChI=1S/C19H17ClN2OS/c1-3-17-18(21-12(2)24-17)13-7-9-14(10-8-13)19(23)22-16-6-4-5-15(20)11-16/h4-11H,3H2,1-2H3,(H,22,23). The minimum atomic E-state index is -0.158. The molecule has 1 heterocycles. The number of aryl methyl sites for hydroxylation is 2. The van der Waals surface area contributed by atoms with Crippen LogP contribution < -0.4 is 5.32 Å². The van der Waals surface area contributed by atoms with E-state index in [-0.39, 0.29) is 5.91 Å². The molecule has 122 valence electrons. The van der Waals surface area contributed by atoms with Crippen LogP contribution in [-0.2, 0) is 6.42 Å². The average molecular weight is 357 g/mol. The van der Waals surface area contributed by atoms with Gasteiger partial charge in [0.1, 0.15) is 0 Å². The second-order valence-corrected chi connectivity index (χ2v) is 7.12. The van der Waals surface area contributed by atoms with Gasteiger partial charge in [0.15, 0.2) is 0 Å². The smallest absolute Gasteiger partial charge is 0.255 e. The predicted molar refractivity (Wildman–Crippen MR) is 101 cm³/mol. The van der Waals surface area contributed by atoms with E-state index < -0.39 is 0 Å². The van der Waals surface area contributed by atoms with Gasteiger partial charge in [0, 0.05) is 26.7 Å². The molecule has 1 aromatic heterocycles. The number of thiazole rings is 1. The van der Waals surface area contributed by atoms with Crippen molar-refractivity contribution in [2.75, 3.05) is 5.32 Å². The monoisotopic (exact) mass is 356 g/mol. The Labute approximate surface area is 150 Å². The second kappa shape index (κ2) is 7.16. The molecule has 3 aromatic rings. The van der Waals surface area contributed by atoms with Gasteiger partial charge in [-0.25, -0.2) is 4.98 Å². The highest BCUT2D eigenvalue weighted by atomic mass is 35.5. The fraction of sp³-hybridized carbons (Fsp3) is 0.158. The SMILES string of the molecule is CCc1sc(C)nc1-c1ccc(C(=O)Nc2cccc(Cl)c2)cc1. The normalized spacial score (nSPS) is 10.6. The van der Waals surface area contributed by atoms with Crippen LogP contribution in [0, 0.1) is 6.92 Å². The van der Waals surface area contributed by atoms with Gasteiger partial charge in [-0.1, -0.05) is 36.7 Å². The number of anilines is 1. The number of benzene rings is 2. The third kappa shape index (κ3) is 3.66. The number of halogens is 1. The molecule has 0 bridgehead atoms. The zero-order valence-corrected chi connectivity index (χ0v) is 15.0. The van der Waals surface area contributed by atoms with E-state index in [1.165, 1.54) is 4.88 Å². The van der Waals surface area contributed by atoms with Crippen LogP contribution in [0.25, 0.3) is 11.3 Å². The molecule has 0 unspecified atom stereocenters. The lowest BCUT2D eigenvalue weighted by molar-refractivity contribution is 0.102. The van der Waals surface area contributed by atoms with E-state index in [0.29, 0.717) is 16.3 Å². The average Bonchev–Trinajstić information content (AvgIpc) is 2.96. The maximum atomic E-state index is 12.3. The van der Waals surface area contributed by atoms with Crippen molar-refractivity contribution in [3.8, 4) is 11.3 Å². The third-order valence-corrected chi connectivity index (χ3v) is 4.98. The van der Waals surface area contributed by atoms with Crippen LogP contribution in [0.2, 0.25) is 5.02 Å². The van der Waals surface area contributed by atoms with Crippen LogP contribution in [0.1, 0.15) is 27.2 Å². The highest BCUT2D eigenvalue weighted by molar-refractivity contribution is 7.12. The van der Waals surface area contributed by atoms with Gasteiger partial charge in [0.05, 0.1) is 10.7 Å². The molecule has 24 heavy (non-hydrogen) atoms. The molecule has 0 fully saturated rings. The van der Waals surface area contributed by atoms with Gasteiger partial charge in [0.25, 0.3) is 5.91 Å². The van der Waals surface area contributed by atoms with E-state index in [2.05, 4.69) is 17.2 Å². The number of carbonyl (C=O) groups is 1. The Hall–Kier alpha value is -2.17. The molecule has 0 radical (unpaired) electrons. The van der Waals surface area contributed by atoms with Crippen molar-refractivity contribution in [3.63, 3.8) is 0 Å². The lowest BCUT2D eigenvalue weighted by atomic mass is 10.1. The molecule has 0 aliphatic carbocycles. The van der Waals surface area contributed by atoms with Gasteiger partial charge in [0.2, 0.25) is 0 Å². The molecule has 2 aromatic carbocycles. The first-order valence-electron chi connectivity index (χ1n) is 7.70. The molecule has 5 heteroatoms. The van der Waals surface area contributed by atoms with Crippen molar-refractivity contribution in [2.45, 2.75) is 20.3 Å². The molecule has 3 nitrogen and oxygen atoms in total. The van der Waals surface area contributed by atoms with Crippen molar-refractivity contribution in [3.05, 3.63) is 69.0 Å². The number of nitrogens with one attached hydrogen (secondary N) is 1. The minimum Gasteiger partial charge on any atom is -0.322 e. The Morgan fingerprint density at radius 2 is 1.96 bits per heavy atom. The van der Waals surface area contributed by atoms with E-state index >= 15 is 0 Å². The van der Waals surface area contributed by atoms with Gasteiger partial charge >= 0.3 is 0 Å². The summed E-state index contributed by atoms with van der Waals surface area (Å²) in [7, 11) is 0. The van der Waals surface area contributed by atoms with Crippen molar-refractivity contribution in [1.82, 2.24) is 4.98 Å². The summed E-state index contributed by atoms with van der Waals surface area (Å²) in [6, 6.07) is 14.6. The molecule has 0 spiro atoms. The number of nitrogens with zero attached hydrogens (tertiary/aromatic N) is 1. The Bertz CT molecular complexity index is 871. The zero-order chi connectivity index (χ0) is 17.1. The molecule has 3 rings (SSSR count). The predicted octanol–water partition coefficient (Wildman–Crippen LogP) is 5.59. The molecular weight excluding hydrogens is 340 g/mol.